The maximum absolute atomic E-state index is 13.6. The molecule has 29 heavy (non-hydrogen) atoms. The summed E-state index contributed by atoms with van der Waals surface area (Å²) in [5.41, 5.74) is 2.97. The minimum Gasteiger partial charge on any atom is -0.496 e. The molecular formula is C24H21FN2O2. The number of benzene rings is 3. The molecule has 0 aliphatic rings. The van der Waals surface area contributed by atoms with Crippen molar-refractivity contribution in [3.8, 4) is 11.8 Å². The molecule has 0 bridgehead atoms. The van der Waals surface area contributed by atoms with Crippen LogP contribution in [-0.2, 0) is 24.3 Å². The second kappa shape index (κ2) is 9.52. The van der Waals surface area contributed by atoms with Crippen molar-refractivity contribution in [2.24, 2.45) is 0 Å². The van der Waals surface area contributed by atoms with E-state index in [1.54, 1.807) is 36.3 Å². The summed E-state index contributed by atoms with van der Waals surface area (Å²) < 4.78 is 19.0. The molecule has 3 rings (SSSR count). The van der Waals surface area contributed by atoms with E-state index in [1.165, 1.54) is 12.1 Å². The molecule has 0 N–H and O–H groups in total. The summed E-state index contributed by atoms with van der Waals surface area (Å²) >= 11 is 0. The highest BCUT2D eigenvalue weighted by atomic mass is 19.1. The maximum Gasteiger partial charge on any atom is 0.227 e. The van der Waals surface area contributed by atoms with Gasteiger partial charge in [-0.25, -0.2) is 4.39 Å². The molecule has 0 saturated carbocycles. The molecule has 1 amide bonds. The number of rotatable bonds is 7. The molecule has 0 aliphatic heterocycles. The third-order valence-corrected chi connectivity index (χ3v) is 4.61. The lowest BCUT2D eigenvalue weighted by molar-refractivity contribution is -0.131. The molecule has 0 aliphatic carbocycles. The lowest BCUT2D eigenvalue weighted by Gasteiger charge is -2.24. The Morgan fingerprint density at radius 1 is 1.00 bits per heavy atom. The molecule has 0 atom stereocenters. The maximum atomic E-state index is 13.6. The van der Waals surface area contributed by atoms with Crippen molar-refractivity contribution < 1.29 is 13.9 Å². The SMILES string of the molecule is COc1ccccc1CC(=O)N(Cc1ccc(C#N)cc1)Cc1cccc(F)c1. The van der Waals surface area contributed by atoms with Crippen LogP contribution >= 0.6 is 0 Å². The number of hydrogen-bond donors (Lipinski definition) is 0. The average molecular weight is 388 g/mol. The largest absolute Gasteiger partial charge is 0.496 e. The van der Waals surface area contributed by atoms with Gasteiger partial charge in [-0.15, -0.1) is 0 Å². The van der Waals surface area contributed by atoms with Crippen LogP contribution in [-0.4, -0.2) is 17.9 Å². The normalized spacial score (nSPS) is 10.2. The van der Waals surface area contributed by atoms with Crippen LogP contribution in [0, 0.1) is 17.1 Å². The van der Waals surface area contributed by atoms with Crippen LogP contribution in [0.5, 0.6) is 5.75 Å². The highest BCUT2D eigenvalue weighted by Crippen LogP contribution is 2.20. The molecule has 0 heterocycles. The Bertz CT molecular complexity index is 1030. The van der Waals surface area contributed by atoms with Crippen LogP contribution < -0.4 is 4.74 Å². The molecule has 0 aromatic heterocycles. The number of amides is 1. The molecule has 0 radical (unpaired) electrons. The molecule has 5 heteroatoms. The Kier molecular flexibility index (Phi) is 6.59. The number of carbonyl (C=O) groups is 1. The zero-order valence-electron chi connectivity index (χ0n) is 16.1. The fourth-order valence-electron chi connectivity index (χ4n) is 3.12. The Morgan fingerprint density at radius 2 is 1.72 bits per heavy atom. The summed E-state index contributed by atoms with van der Waals surface area (Å²) in [7, 11) is 1.57. The first-order chi connectivity index (χ1) is 14.1. The number of para-hydroxylation sites is 1. The number of methoxy groups -OCH3 is 1. The standard InChI is InChI=1S/C24H21FN2O2/c1-29-23-8-3-2-6-21(23)14-24(28)27(17-20-5-4-7-22(25)13-20)16-19-11-9-18(15-26)10-12-19/h2-13H,14,16-17H2,1H3. The molecule has 0 fully saturated rings. The fourth-order valence-corrected chi connectivity index (χ4v) is 3.12. The smallest absolute Gasteiger partial charge is 0.227 e. The minimum atomic E-state index is -0.335. The highest BCUT2D eigenvalue weighted by Gasteiger charge is 2.17. The van der Waals surface area contributed by atoms with Gasteiger partial charge in [0.25, 0.3) is 0 Å². The fraction of sp³-hybridized carbons (Fsp3) is 0.167. The van der Waals surface area contributed by atoms with Crippen molar-refractivity contribution >= 4 is 5.91 Å². The second-order valence-corrected chi connectivity index (χ2v) is 6.68. The van der Waals surface area contributed by atoms with Crippen molar-refractivity contribution in [2.45, 2.75) is 19.5 Å². The topological polar surface area (TPSA) is 53.3 Å². The summed E-state index contributed by atoms with van der Waals surface area (Å²) in [5, 5.41) is 8.97. The van der Waals surface area contributed by atoms with Crippen LogP contribution in [0.2, 0.25) is 0 Å². The van der Waals surface area contributed by atoms with E-state index in [-0.39, 0.29) is 24.7 Å². The van der Waals surface area contributed by atoms with Gasteiger partial charge in [-0.1, -0.05) is 42.5 Å². The lowest BCUT2D eigenvalue weighted by Crippen LogP contribution is -2.31. The van der Waals surface area contributed by atoms with Crippen molar-refractivity contribution in [3.05, 3.63) is 101 Å². The van der Waals surface area contributed by atoms with Gasteiger partial charge in [-0.3, -0.25) is 4.79 Å². The van der Waals surface area contributed by atoms with E-state index in [2.05, 4.69) is 6.07 Å². The first kappa shape index (κ1) is 20.1. The predicted molar refractivity (Wildman–Crippen MR) is 109 cm³/mol. The average Bonchev–Trinajstić information content (AvgIpc) is 2.74. The number of nitriles is 1. The van der Waals surface area contributed by atoms with E-state index < -0.39 is 0 Å². The van der Waals surface area contributed by atoms with Crippen molar-refractivity contribution in [3.63, 3.8) is 0 Å². The molecule has 0 spiro atoms. The van der Waals surface area contributed by atoms with Crippen LogP contribution in [0.3, 0.4) is 0 Å². The summed E-state index contributed by atoms with van der Waals surface area (Å²) in [6.07, 6.45) is 0.176. The number of nitrogens with zero attached hydrogens (tertiary/aromatic N) is 2. The monoisotopic (exact) mass is 388 g/mol. The van der Waals surface area contributed by atoms with Gasteiger partial charge in [0.15, 0.2) is 0 Å². The van der Waals surface area contributed by atoms with E-state index in [1.807, 2.05) is 36.4 Å². The second-order valence-electron chi connectivity index (χ2n) is 6.68. The van der Waals surface area contributed by atoms with E-state index in [9.17, 15) is 9.18 Å². The van der Waals surface area contributed by atoms with Crippen LogP contribution in [0.4, 0.5) is 4.39 Å². The van der Waals surface area contributed by atoms with Crippen LogP contribution in [0.25, 0.3) is 0 Å². The number of halogens is 1. The third kappa shape index (κ3) is 5.43. The van der Waals surface area contributed by atoms with Gasteiger partial charge in [0.1, 0.15) is 11.6 Å². The van der Waals surface area contributed by atoms with Gasteiger partial charge in [0.05, 0.1) is 25.2 Å². The molecular weight excluding hydrogens is 367 g/mol. The Morgan fingerprint density at radius 3 is 2.41 bits per heavy atom. The first-order valence-corrected chi connectivity index (χ1v) is 9.22. The van der Waals surface area contributed by atoms with Gasteiger partial charge in [-0.2, -0.15) is 5.26 Å². The van der Waals surface area contributed by atoms with E-state index >= 15 is 0 Å². The minimum absolute atomic E-state index is 0.0943. The molecule has 3 aromatic rings. The first-order valence-electron chi connectivity index (χ1n) is 9.22. The van der Waals surface area contributed by atoms with Gasteiger partial charge in [-0.05, 0) is 41.5 Å². The highest BCUT2D eigenvalue weighted by molar-refractivity contribution is 5.79. The van der Waals surface area contributed by atoms with E-state index in [4.69, 9.17) is 10.00 Å². The quantitative estimate of drug-likeness (QED) is 0.600. The summed E-state index contributed by atoms with van der Waals surface area (Å²) in [6.45, 7) is 0.641. The summed E-state index contributed by atoms with van der Waals surface area (Å²) in [6, 6.07) is 22.8. The molecule has 146 valence electrons. The molecule has 0 saturated heterocycles. The van der Waals surface area contributed by atoms with Crippen molar-refractivity contribution in [1.82, 2.24) is 4.90 Å². The summed E-state index contributed by atoms with van der Waals surface area (Å²) in [4.78, 5) is 14.8. The van der Waals surface area contributed by atoms with Gasteiger partial charge in [0, 0.05) is 18.7 Å². The van der Waals surface area contributed by atoms with Crippen molar-refractivity contribution in [1.29, 1.82) is 5.26 Å². The Labute approximate surface area is 169 Å². The summed E-state index contributed by atoms with van der Waals surface area (Å²) in [5.74, 6) is 0.228. The molecule has 0 unspecified atom stereocenters. The zero-order chi connectivity index (χ0) is 20.6. The molecule has 4 nitrogen and oxygen atoms in total. The van der Waals surface area contributed by atoms with Crippen molar-refractivity contribution in [2.75, 3.05) is 7.11 Å². The molecule has 3 aromatic carbocycles. The van der Waals surface area contributed by atoms with E-state index in [0.717, 1.165) is 11.1 Å². The number of ether oxygens (including phenoxy) is 1. The Balaban J connectivity index is 1.84. The predicted octanol–water partition coefficient (Wildman–Crippen LogP) is 4.48. The van der Waals surface area contributed by atoms with Crippen LogP contribution in [0.15, 0.2) is 72.8 Å². The lowest BCUT2D eigenvalue weighted by atomic mass is 10.1. The van der Waals surface area contributed by atoms with Gasteiger partial charge < -0.3 is 9.64 Å². The van der Waals surface area contributed by atoms with Gasteiger partial charge >= 0.3 is 0 Å². The third-order valence-electron chi connectivity index (χ3n) is 4.61. The zero-order valence-corrected chi connectivity index (χ0v) is 16.1. The van der Waals surface area contributed by atoms with Gasteiger partial charge in [0.2, 0.25) is 5.91 Å². The van der Waals surface area contributed by atoms with Crippen LogP contribution in [0.1, 0.15) is 22.3 Å². The van der Waals surface area contributed by atoms with E-state index in [0.29, 0.717) is 23.4 Å². The number of carbonyl (C=O) groups excluding carboxylic acids is 1. The number of hydrogen-bond acceptors (Lipinski definition) is 3. The Hall–Kier alpha value is -3.65.